The van der Waals surface area contributed by atoms with Gasteiger partial charge in [0.25, 0.3) is 0 Å². The summed E-state index contributed by atoms with van der Waals surface area (Å²) in [6.07, 6.45) is 3.86. The van der Waals surface area contributed by atoms with Crippen molar-refractivity contribution >= 4 is 27.6 Å². The second kappa shape index (κ2) is 8.01. The van der Waals surface area contributed by atoms with Crippen molar-refractivity contribution < 1.29 is 0 Å². The average Bonchev–Trinajstić information content (AvgIpc) is 3.21. The molecule has 2 N–H and O–H groups in total. The highest BCUT2D eigenvalue weighted by molar-refractivity contribution is 5.99. The number of pyridine rings is 2. The van der Waals surface area contributed by atoms with Gasteiger partial charge in [-0.3, -0.25) is 4.98 Å². The number of aromatic nitrogens is 3. The maximum Gasteiger partial charge on any atom is 0.128 e. The average molecular weight is 434 g/mol. The summed E-state index contributed by atoms with van der Waals surface area (Å²) in [4.78, 5) is 15.4. The van der Waals surface area contributed by atoms with Crippen LogP contribution in [0.5, 0.6) is 0 Å². The number of nitrogens with zero attached hydrogens (tertiary/aromatic N) is 3. The summed E-state index contributed by atoms with van der Waals surface area (Å²) in [5.41, 5.74) is 9.32. The number of nitrogens with one attached hydrogen (secondary N) is 2. The van der Waals surface area contributed by atoms with Gasteiger partial charge in [0.1, 0.15) is 5.82 Å². The van der Waals surface area contributed by atoms with E-state index in [9.17, 15) is 0 Å². The van der Waals surface area contributed by atoms with E-state index in [1.54, 1.807) is 0 Å². The molecule has 0 atom stereocenters. The monoisotopic (exact) mass is 433 g/mol. The Morgan fingerprint density at radius 1 is 0.848 bits per heavy atom. The fraction of sp³-hybridized carbons (Fsp3) is 0.214. The molecule has 1 aliphatic heterocycles. The van der Waals surface area contributed by atoms with Crippen LogP contribution in [0.25, 0.3) is 44.2 Å². The fourth-order valence-electron chi connectivity index (χ4n) is 4.97. The Bertz CT molecular complexity index is 1460. The number of hydrogen-bond donors (Lipinski definition) is 2. The molecular weight excluding hydrogens is 406 g/mol. The van der Waals surface area contributed by atoms with Gasteiger partial charge in [-0.15, -0.1) is 0 Å². The lowest BCUT2D eigenvalue weighted by Crippen LogP contribution is -2.43. The third kappa shape index (κ3) is 3.45. The lowest BCUT2D eigenvalue weighted by Gasteiger charge is -2.28. The quantitative estimate of drug-likeness (QED) is 0.396. The maximum absolute atomic E-state index is 4.77. The van der Waals surface area contributed by atoms with E-state index >= 15 is 0 Å². The predicted octanol–water partition coefficient (Wildman–Crippen LogP) is 5.47. The van der Waals surface area contributed by atoms with Crippen molar-refractivity contribution in [3.63, 3.8) is 0 Å². The van der Waals surface area contributed by atoms with Gasteiger partial charge in [0, 0.05) is 60.4 Å². The van der Waals surface area contributed by atoms with E-state index < -0.39 is 0 Å². The minimum Gasteiger partial charge on any atom is -0.354 e. The molecule has 6 rings (SSSR count). The largest absolute Gasteiger partial charge is 0.354 e. The highest BCUT2D eigenvalue weighted by atomic mass is 15.2. The van der Waals surface area contributed by atoms with Gasteiger partial charge in [0.15, 0.2) is 0 Å². The van der Waals surface area contributed by atoms with Crippen molar-refractivity contribution in [3.8, 4) is 22.4 Å². The van der Waals surface area contributed by atoms with Crippen molar-refractivity contribution in [3.05, 3.63) is 78.1 Å². The van der Waals surface area contributed by atoms with Crippen LogP contribution in [0.15, 0.2) is 67.0 Å². The summed E-state index contributed by atoms with van der Waals surface area (Å²) < 4.78 is 0. The zero-order chi connectivity index (χ0) is 22.4. The van der Waals surface area contributed by atoms with Crippen molar-refractivity contribution in [2.24, 2.45) is 0 Å². The predicted molar refractivity (Wildman–Crippen MR) is 137 cm³/mol. The first-order valence-corrected chi connectivity index (χ1v) is 11.6. The number of hydrogen-bond acceptors (Lipinski definition) is 4. The first-order chi connectivity index (χ1) is 16.2. The molecule has 1 saturated heterocycles. The first kappa shape index (κ1) is 19.9. The molecule has 0 bridgehead atoms. The van der Waals surface area contributed by atoms with Crippen LogP contribution in [0.3, 0.4) is 0 Å². The molecule has 5 nitrogen and oxygen atoms in total. The molecule has 4 heterocycles. The van der Waals surface area contributed by atoms with Gasteiger partial charge < -0.3 is 15.2 Å². The fourth-order valence-corrected chi connectivity index (χ4v) is 4.97. The number of rotatable bonds is 3. The third-order valence-electron chi connectivity index (χ3n) is 6.82. The molecule has 1 aliphatic rings. The zero-order valence-corrected chi connectivity index (χ0v) is 19.0. The van der Waals surface area contributed by atoms with Gasteiger partial charge in [0.05, 0.1) is 11.2 Å². The van der Waals surface area contributed by atoms with Crippen molar-refractivity contribution in [1.29, 1.82) is 0 Å². The van der Waals surface area contributed by atoms with Crippen LogP contribution in [0.2, 0.25) is 0 Å². The van der Waals surface area contributed by atoms with Gasteiger partial charge in [-0.05, 0) is 60.4 Å². The number of aryl methyl sites for hydroxylation is 2. The third-order valence-corrected chi connectivity index (χ3v) is 6.82. The second-order valence-electron chi connectivity index (χ2n) is 8.86. The summed E-state index contributed by atoms with van der Waals surface area (Å²) in [5, 5.41) is 5.83. The van der Waals surface area contributed by atoms with Crippen molar-refractivity contribution in [2.45, 2.75) is 13.8 Å². The summed E-state index contributed by atoms with van der Waals surface area (Å²) in [6.45, 7) is 8.33. The number of anilines is 1. The Labute approximate surface area is 193 Å². The Morgan fingerprint density at radius 3 is 2.52 bits per heavy atom. The number of benzene rings is 2. The number of aromatic amines is 1. The van der Waals surface area contributed by atoms with Gasteiger partial charge in [-0.2, -0.15) is 0 Å². The molecule has 0 spiro atoms. The topological polar surface area (TPSA) is 56.8 Å². The molecule has 33 heavy (non-hydrogen) atoms. The van der Waals surface area contributed by atoms with E-state index in [4.69, 9.17) is 4.98 Å². The summed E-state index contributed by atoms with van der Waals surface area (Å²) in [6, 6.07) is 19.6. The van der Waals surface area contributed by atoms with E-state index in [0.717, 1.165) is 54.3 Å². The van der Waals surface area contributed by atoms with Gasteiger partial charge in [0.2, 0.25) is 0 Å². The van der Waals surface area contributed by atoms with Crippen LogP contribution in [0, 0.1) is 13.8 Å². The van der Waals surface area contributed by atoms with Crippen LogP contribution < -0.4 is 10.2 Å². The molecule has 0 amide bonds. The van der Waals surface area contributed by atoms with E-state index in [1.807, 2.05) is 18.5 Å². The van der Waals surface area contributed by atoms with Gasteiger partial charge in [-0.1, -0.05) is 30.3 Å². The molecule has 5 aromatic rings. The highest BCUT2D eigenvalue weighted by Gasteiger charge is 2.15. The molecule has 3 aromatic heterocycles. The lowest BCUT2D eigenvalue weighted by atomic mass is 9.97. The number of piperazine rings is 1. The molecule has 0 unspecified atom stereocenters. The van der Waals surface area contributed by atoms with Crippen molar-refractivity contribution in [1.82, 2.24) is 20.3 Å². The van der Waals surface area contributed by atoms with Gasteiger partial charge >= 0.3 is 0 Å². The first-order valence-electron chi connectivity index (χ1n) is 11.6. The Morgan fingerprint density at radius 2 is 1.70 bits per heavy atom. The molecular formula is C28H27N5. The molecule has 0 saturated carbocycles. The normalized spacial score (nSPS) is 14.3. The number of H-pyrrole nitrogens is 1. The molecule has 1 fully saturated rings. The molecule has 164 valence electrons. The van der Waals surface area contributed by atoms with Gasteiger partial charge in [-0.25, -0.2) is 4.98 Å². The maximum atomic E-state index is 4.77. The van der Waals surface area contributed by atoms with E-state index in [-0.39, 0.29) is 0 Å². The molecule has 0 radical (unpaired) electrons. The smallest absolute Gasteiger partial charge is 0.128 e. The summed E-state index contributed by atoms with van der Waals surface area (Å²) in [5.74, 6) is 1.05. The number of fused-ring (bicyclic) bond motifs is 2. The van der Waals surface area contributed by atoms with Crippen molar-refractivity contribution in [2.75, 3.05) is 31.1 Å². The molecule has 0 aliphatic carbocycles. The Balaban J connectivity index is 1.39. The highest BCUT2D eigenvalue weighted by Crippen LogP contribution is 2.35. The Kier molecular flexibility index (Phi) is 4.84. The van der Waals surface area contributed by atoms with Crippen LogP contribution >= 0.6 is 0 Å². The summed E-state index contributed by atoms with van der Waals surface area (Å²) >= 11 is 0. The standard InChI is InChI=1S/C28H27N5/c1-18-5-8-23(24-4-3-11-30-27(18)24)20-6-9-22-19(2)28(32-25(22)16-20)21-7-10-26(31-17-21)33-14-12-29-13-15-33/h3-11,16-17,29,32H,12-15H2,1-2H3. The molecule has 5 heteroatoms. The molecule has 2 aromatic carbocycles. The second-order valence-corrected chi connectivity index (χ2v) is 8.86. The van der Waals surface area contributed by atoms with Crippen LogP contribution in [-0.2, 0) is 0 Å². The van der Waals surface area contributed by atoms with Crippen LogP contribution in [0.4, 0.5) is 5.82 Å². The van der Waals surface area contributed by atoms with E-state index in [2.05, 4.69) is 82.6 Å². The Hall–Kier alpha value is -3.70. The SMILES string of the molecule is Cc1c(-c2ccc(N3CCNCC3)nc2)[nH]c2cc(-c3ccc(C)c4ncccc34)ccc12. The van der Waals surface area contributed by atoms with E-state index in [1.165, 1.54) is 33.0 Å². The minimum atomic E-state index is 1.00. The van der Waals surface area contributed by atoms with Crippen LogP contribution in [0.1, 0.15) is 11.1 Å². The van der Waals surface area contributed by atoms with E-state index in [0.29, 0.717) is 0 Å². The van der Waals surface area contributed by atoms with Crippen LogP contribution in [-0.4, -0.2) is 41.1 Å². The lowest BCUT2D eigenvalue weighted by molar-refractivity contribution is 0.585. The minimum absolute atomic E-state index is 1.00. The zero-order valence-electron chi connectivity index (χ0n) is 19.0. The summed E-state index contributed by atoms with van der Waals surface area (Å²) in [7, 11) is 0.